The minimum Gasteiger partial charge on any atom is -0.357 e. The summed E-state index contributed by atoms with van der Waals surface area (Å²) in [6.45, 7) is 2.31. The Hall–Kier alpha value is -0.810. The average Bonchev–Trinajstić information content (AvgIpc) is 2.76. The van der Waals surface area contributed by atoms with E-state index in [2.05, 4.69) is 34.6 Å². The first-order valence-electron chi connectivity index (χ1n) is 7.30. The Labute approximate surface area is 142 Å². The zero-order valence-electron chi connectivity index (χ0n) is 12.3. The van der Waals surface area contributed by atoms with Gasteiger partial charge in [0.2, 0.25) is 0 Å². The number of aromatic nitrogens is 1. The molecule has 0 saturated heterocycles. The van der Waals surface area contributed by atoms with Gasteiger partial charge in [-0.2, -0.15) is 0 Å². The Morgan fingerprint density at radius 1 is 1.18 bits per heavy atom. The fraction of sp³-hybridized carbons (Fsp3) is 0.500. The van der Waals surface area contributed by atoms with Crippen LogP contribution in [0.2, 0.25) is 0 Å². The van der Waals surface area contributed by atoms with Gasteiger partial charge in [0.15, 0.2) is 0 Å². The fourth-order valence-corrected chi connectivity index (χ4v) is 3.97. The van der Waals surface area contributed by atoms with E-state index in [9.17, 15) is 4.39 Å². The van der Waals surface area contributed by atoms with E-state index in [1.54, 1.807) is 0 Å². The number of H-pyrrole nitrogens is 1. The highest BCUT2D eigenvalue weighted by Crippen LogP contribution is 2.69. The molecule has 2 aromatic rings. The normalized spacial score (nSPS) is 28.3. The number of hydrogen-bond donors (Lipinski definition) is 3. The molecule has 1 aromatic carbocycles. The molecule has 4 N–H and O–H groups in total. The molecule has 6 heteroatoms. The van der Waals surface area contributed by atoms with Crippen molar-refractivity contribution in [2.75, 3.05) is 6.54 Å². The number of benzene rings is 1. The highest BCUT2D eigenvalue weighted by atomic mass is 35.5. The SMILES string of the molecule is Cl.Cl.NCc1ccc2cc(CNCC34CC(F)(C3)C4)[nH]c2c1. The Kier molecular flexibility index (Phi) is 4.79. The van der Waals surface area contributed by atoms with E-state index in [0.29, 0.717) is 6.54 Å². The molecule has 0 atom stereocenters. The molecule has 0 spiro atoms. The van der Waals surface area contributed by atoms with Crippen LogP contribution in [0.25, 0.3) is 10.9 Å². The maximum absolute atomic E-state index is 13.4. The maximum atomic E-state index is 13.4. The van der Waals surface area contributed by atoms with Gasteiger partial charge in [0.1, 0.15) is 5.67 Å². The summed E-state index contributed by atoms with van der Waals surface area (Å²) in [7, 11) is 0. The Balaban J connectivity index is 0.000000882. The lowest BCUT2D eigenvalue weighted by atomic mass is 9.42. The minimum atomic E-state index is -0.790. The molecule has 3 aliphatic carbocycles. The zero-order valence-corrected chi connectivity index (χ0v) is 14.0. The van der Waals surface area contributed by atoms with Crippen molar-refractivity contribution in [3.05, 3.63) is 35.5 Å². The van der Waals surface area contributed by atoms with Gasteiger partial charge in [-0.15, -0.1) is 24.8 Å². The van der Waals surface area contributed by atoms with E-state index in [1.165, 1.54) is 11.1 Å². The molecular weight excluding hydrogens is 324 g/mol. The van der Waals surface area contributed by atoms with Crippen LogP contribution in [0, 0.1) is 5.41 Å². The summed E-state index contributed by atoms with van der Waals surface area (Å²) in [5.41, 5.74) is 8.59. The van der Waals surface area contributed by atoms with Gasteiger partial charge in [-0.05, 0) is 47.8 Å². The van der Waals surface area contributed by atoms with Crippen LogP contribution in [0.5, 0.6) is 0 Å². The van der Waals surface area contributed by atoms with Crippen LogP contribution in [0.1, 0.15) is 30.5 Å². The molecule has 0 aliphatic heterocycles. The van der Waals surface area contributed by atoms with Crippen LogP contribution >= 0.6 is 24.8 Å². The second-order valence-electron chi connectivity index (χ2n) is 6.71. The van der Waals surface area contributed by atoms with Crippen LogP contribution in [0.15, 0.2) is 24.3 Å². The van der Waals surface area contributed by atoms with E-state index >= 15 is 0 Å². The lowest BCUT2D eigenvalue weighted by Gasteiger charge is -2.66. The molecular formula is C16H22Cl2FN3. The molecule has 3 saturated carbocycles. The van der Waals surface area contributed by atoms with Crippen molar-refractivity contribution in [3.8, 4) is 0 Å². The standard InChI is InChI=1S/C16H20FN3.2ClH/c17-16-7-15(8-16,9-16)10-19-6-13-4-12-2-1-11(5-18)3-14(12)20-13;;/h1-4,19-20H,5-10,18H2;2*1H. The Bertz CT molecular complexity index is 651. The zero-order chi connectivity index (χ0) is 13.8. The molecule has 0 amide bonds. The summed E-state index contributed by atoms with van der Waals surface area (Å²) >= 11 is 0. The number of hydrogen-bond acceptors (Lipinski definition) is 2. The third-order valence-corrected chi connectivity index (χ3v) is 4.87. The first-order valence-corrected chi connectivity index (χ1v) is 7.30. The minimum absolute atomic E-state index is 0. The number of nitrogens with two attached hydrogens (primary N) is 1. The van der Waals surface area contributed by atoms with Gasteiger partial charge in [0, 0.05) is 30.8 Å². The second-order valence-corrected chi connectivity index (χ2v) is 6.71. The number of fused-ring (bicyclic) bond motifs is 1. The summed E-state index contributed by atoms with van der Waals surface area (Å²) in [5.74, 6) is 0. The van der Waals surface area contributed by atoms with Gasteiger partial charge < -0.3 is 16.0 Å². The Morgan fingerprint density at radius 2 is 1.91 bits per heavy atom. The lowest BCUT2D eigenvalue weighted by Crippen LogP contribution is -2.67. The van der Waals surface area contributed by atoms with Gasteiger partial charge in [0.25, 0.3) is 0 Å². The molecule has 1 heterocycles. The number of alkyl halides is 1. The van der Waals surface area contributed by atoms with E-state index in [1.807, 2.05) is 0 Å². The predicted molar refractivity (Wildman–Crippen MR) is 92.5 cm³/mol. The van der Waals surface area contributed by atoms with Crippen molar-refractivity contribution >= 4 is 35.7 Å². The van der Waals surface area contributed by atoms with E-state index in [0.717, 1.165) is 43.4 Å². The molecule has 3 aliphatic rings. The molecule has 22 heavy (non-hydrogen) atoms. The average molecular weight is 346 g/mol. The summed E-state index contributed by atoms with van der Waals surface area (Å²) in [6, 6.07) is 8.44. The first kappa shape index (κ1) is 17.5. The summed E-state index contributed by atoms with van der Waals surface area (Å²) in [4.78, 5) is 3.42. The van der Waals surface area contributed by atoms with Crippen LogP contribution in [0.3, 0.4) is 0 Å². The van der Waals surface area contributed by atoms with Crippen molar-refractivity contribution in [2.24, 2.45) is 11.1 Å². The molecule has 3 nitrogen and oxygen atoms in total. The molecule has 5 rings (SSSR count). The fourth-order valence-electron chi connectivity index (χ4n) is 3.97. The van der Waals surface area contributed by atoms with Crippen molar-refractivity contribution in [1.82, 2.24) is 10.3 Å². The smallest absolute Gasteiger partial charge is 0.112 e. The van der Waals surface area contributed by atoms with Crippen LogP contribution in [-0.4, -0.2) is 17.2 Å². The molecule has 0 unspecified atom stereocenters. The predicted octanol–water partition coefficient (Wildman–Crippen LogP) is 3.45. The van der Waals surface area contributed by atoms with Crippen molar-refractivity contribution in [3.63, 3.8) is 0 Å². The third-order valence-electron chi connectivity index (χ3n) is 4.87. The van der Waals surface area contributed by atoms with Crippen LogP contribution in [0.4, 0.5) is 4.39 Å². The summed E-state index contributed by atoms with van der Waals surface area (Å²) in [6.07, 6.45) is 2.29. The number of nitrogens with one attached hydrogen (secondary N) is 2. The molecule has 3 fully saturated rings. The monoisotopic (exact) mass is 345 g/mol. The van der Waals surface area contributed by atoms with Gasteiger partial charge >= 0.3 is 0 Å². The van der Waals surface area contributed by atoms with Crippen molar-refractivity contribution in [2.45, 2.75) is 38.0 Å². The number of halogens is 3. The molecule has 0 radical (unpaired) electrons. The first-order chi connectivity index (χ1) is 9.60. The van der Waals surface area contributed by atoms with Crippen molar-refractivity contribution < 1.29 is 4.39 Å². The molecule has 2 bridgehead atoms. The number of aromatic amines is 1. The third kappa shape index (κ3) is 2.85. The summed E-state index contributed by atoms with van der Waals surface area (Å²) in [5, 5.41) is 4.68. The summed E-state index contributed by atoms with van der Waals surface area (Å²) < 4.78 is 13.4. The van der Waals surface area contributed by atoms with Crippen LogP contribution in [-0.2, 0) is 13.1 Å². The topological polar surface area (TPSA) is 53.8 Å². The van der Waals surface area contributed by atoms with Gasteiger partial charge in [0.05, 0.1) is 0 Å². The second kappa shape index (κ2) is 6.00. The quantitative estimate of drug-likeness (QED) is 0.777. The van der Waals surface area contributed by atoms with Crippen LogP contribution < -0.4 is 11.1 Å². The lowest BCUT2D eigenvalue weighted by molar-refractivity contribution is -0.209. The Morgan fingerprint density at radius 3 is 2.55 bits per heavy atom. The van der Waals surface area contributed by atoms with Gasteiger partial charge in [-0.3, -0.25) is 0 Å². The van der Waals surface area contributed by atoms with E-state index < -0.39 is 5.67 Å². The number of rotatable bonds is 5. The largest absolute Gasteiger partial charge is 0.357 e. The molecule has 1 aromatic heterocycles. The maximum Gasteiger partial charge on any atom is 0.112 e. The van der Waals surface area contributed by atoms with Gasteiger partial charge in [-0.1, -0.05) is 12.1 Å². The highest BCUT2D eigenvalue weighted by molar-refractivity contribution is 5.85. The van der Waals surface area contributed by atoms with E-state index in [4.69, 9.17) is 5.73 Å². The van der Waals surface area contributed by atoms with E-state index in [-0.39, 0.29) is 30.2 Å². The van der Waals surface area contributed by atoms with Gasteiger partial charge in [-0.25, -0.2) is 4.39 Å². The highest BCUT2D eigenvalue weighted by Gasteiger charge is 2.68. The molecule has 122 valence electrons. The van der Waals surface area contributed by atoms with Crippen molar-refractivity contribution in [1.29, 1.82) is 0 Å².